The second-order valence-electron chi connectivity index (χ2n) is 7.43. The van der Waals surface area contributed by atoms with E-state index in [9.17, 15) is 14.4 Å². The summed E-state index contributed by atoms with van der Waals surface area (Å²) in [7, 11) is 0. The summed E-state index contributed by atoms with van der Waals surface area (Å²) in [4.78, 5) is 47.8. The van der Waals surface area contributed by atoms with Crippen LogP contribution in [0.3, 0.4) is 0 Å². The molecule has 0 bridgehead atoms. The highest BCUT2D eigenvalue weighted by Gasteiger charge is 2.51. The minimum atomic E-state index is -1.06. The molecule has 0 unspecified atom stereocenters. The topological polar surface area (TPSA) is 141 Å². The van der Waals surface area contributed by atoms with Crippen LogP contribution in [0.25, 0.3) is 11.2 Å². The maximum absolute atomic E-state index is 11.9. The Morgan fingerprint density at radius 1 is 0.941 bits per heavy atom. The molecule has 178 valence electrons. The van der Waals surface area contributed by atoms with E-state index in [4.69, 9.17) is 23.7 Å². The minimum absolute atomic E-state index is 0.213. The molecule has 0 saturated carbocycles. The molecule has 0 N–H and O–H groups in total. The number of para-hydroxylation sites is 1. The van der Waals surface area contributed by atoms with Crippen LogP contribution >= 0.6 is 0 Å². The van der Waals surface area contributed by atoms with Gasteiger partial charge in [0.15, 0.2) is 29.6 Å². The molecule has 1 fully saturated rings. The van der Waals surface area contributed by atoms with Crippen molar-refractivity contribution in [3.63, 3.8) is 0 Å². The third-order valence-corrected chi connectivity index (χ3v) is 4.90. The van der Waals surface area contributed by atoms with Crippen molar-refractivity contribution in [3.8, 4) is 11.6 Å². The van der Waals surface area contributed by atoms with E-state index in [1.165, 1.54) is 38.0 Å². The number of esters is 3. The summed E-state index contributed by atoms with van der Waals surface area (Å²) in [6, 6.07) is 9.03. The molecule has 2 aromatic heterocycles. The van der Waals surface area contributed by atoms with Crippen LogP contribution in [0.15, 0.2) is 43.0 Å². The Labute approximate surface area is 193 Å². The van der Waals surface area contributed by atoms with Gasteiger partial charge >= 0.3 is 17.9 Å². The molecule has 0 amide bonds. The monoisotopic (exact) mass is 470 g/mol. The largest absolute Gasteiger partial charge is 0.463 e. The van der Waals surface area contributed by atoms with Crippen LogP contribution in [0.4, 0.5) is 0 Å². The van der Waals surface area contributed by atoms with Gasteiger partial charge in [-0.3, -0.25) is 19.0 Å². The number of fused-ring (bicyclic) bond motifs is 1. The Kier molecular flexibility index (Phi) is 6.68. The Bertz CT molecular complexity index is 1200. The quantitative estimate of drug-likeness (QED) is 0.369. The van der Waals surface area contributed by atoms with Gasteiger partial charge in [-0.2, -0.15) is 4.98 Å². The van der Waals surface area contributed by atoms with Crippen molar-refractivity contribution in [2.45, 2.75) is 45.3 Å². The van der Waals surface area contributed by atoms with Crippen LogP contribution in [-0.4, -0.2) is 62.3 Å². The smallest absolute Gasteiger partial charge is 0.303 e. The molecule has 34 heavy (non-hydrogen) atoms. The van der Waals surface area contributed by atoms with Gasteiger partial charge in [0.05, 0.1) is 6.33 Å². The van der Waals surface area contributed by atoms with E-state index >= 15 is 0 Å². The van der Waals surface area contributed by atoms with Crippen LogP contribution in [0.1, 0.15) is 27.0 Å². The van der Waals surface area contributed by atoms with Crippen LogP contribution < -0.4 is 4.74 Å². The van der Waals surface area contributed by atoms with Gasteiger partial charge in [0.1, 0.15) is 24.8 Å². The van der Waals surface area contributed by atoms with Gasteiger partial charge in [0, 0.05) is 20.8 Å². The highest BCUT2D eigenvalue weighted by Crippen LogP contribution is 2.37. The van der Waals surface area contributed by atoms with Crippen molar-refractivity contribution >= 4 is 29.1 Å². The number of nitrogens with zero attached hydrogens (tertiary/aromatic N) is 4. The summed E-state index contributed by atoms with van der Waals surface area (Å²) in [6.45, 7) is 3.46. The summed E-state index contributed by atoms with van der Waals surface area (Å²) in [5, 5.41) is 0. The normalized spacial score (nSPS) is 21.7. The zero-order valence-corrected chi connectivity index (χ0v) is 18.6. The van der Waals surface area contributed by atoms with Crippen molar-refractivity contribution in [2.75, 3.05) is 6.61 Å². The average molecular weight is 470 g/mol. The maximum atomic E-state index is 11.9. The first-order chi connectivity index (χ1) is 16.3. The van der Waals surface area contributed by atoms with Gasteiger partial charge in [0.2, 0.25) is 0 Å². The van der Waals surface area contributed by atoms with Crippen LogP contribution in [0, 0.1) is 0 Å². The molecule has 1 aromatic carbocycles. The summed E-state index contributed by atoms with van der Waals surface area (Å²) >= 11 is 0. The first-order valence-electron chi connectivity index (χ1n) is 10.4. The second kappa shape index (κ2) is 9.83. The lowest BCUT2D eigenvalue weighted by atomic mass is 10.1. The molecule has 3 aromatic rings. The van der Waals surface area contributed by atoms with Gasteiger partial charge < -0.3 is 23.7 Å². The first kappa shape index (κ1) is 23.1. The number of carbonyl (C=O) groups is 3. The Balaban J connectivity index is 1.71. The Hall–Kier alpha value is -4.06. The fourth-order valence-corrected chi connectivity index (χ4v) is 3.61. The van der Waals surface area contributed by atoms with Crippen LogP contribution in [0.5, 0.6) is 11.6 Å². The molecular weight excluding hydrogens is 448 g/mol. The molecule has 0 radical (unpaired) electrons. The van der Waals surface area contributed by atoms with Crippen molar-refractivity contribution < 1.29 is 38.1 Å². The highest BCUT2D eigenvalue weighted by molar-refractivity contribution is 5.76. The van der Waals surface area contributed by atoms with E-state index in [0.29, 0.717) is 16.9 Å². The number of imidazole rings is 1. The number of hydrogen-bond donors (Lipinski definition) is 0. The van der Waals surface area contributed by atoms with Crippen LogP contribution in [-0.2, 0) is 33.3 Å². The standard InChI is InChI=1S/C22H22N4O8/c1-12(27)30-9-16-18(31-13(2)28)19(32-14(3)29)22(34-16)26-11-25-17-20(26)23-10-24-21(17)33-15-7-5-4-6-8-15/h4-8,10-11,16,18-19,22H,9H2,1-3H3/t16-,18-,19-,22-/m1/s1. The van der Waals surface area contributed by atoms with Gasteiger partial charge in [-0.05, 0) is 12.1 Å². The Morgan fingerprint density at radius 2 is 1.65 bits per heavy atom. The van der Waals surface area contributed by atoms with Crippen molar-refractivity contribution in [2.24, 2.45) is 0 Å². The first-order valence-corrected chi connectivity index (χ1v) is 10.4. The predicted octanol–water partition coefficient (Wildman–Crippen LogP) is 1.94. The van der Waals surface area contributed by atoms with E-state index in [1.54, 1.807) is 12.1 Å². The molecule has 1 saturated heterocycles. The zero-order chi connectivity index (χ0) is 24.2. The van der Waals surface area contributed by atoms with E-state index in [-0.39, 0.29) is 12.5 Å². The third-order valence-electron chi connectivity index (χ3n) is 4.90. The number of rotatable bonds is 7. The number of carbonyl (C=O) groups excluding carboxylic acids is 3. The van der Waals surface area contributed by atoms with E-state index < -0.39 is 42.4 Å². The minimum Gasteiger partial charge on any atom is -0.463 e. The summed E-state index contributed by atoms with van der Waals surface area (Å²) in [5.74, 6) is -0.999. The highest BCUT2D eigenvalue weighted by atomic mass is 16.7. The fraction of sp³-hybridized carbons (Fsp3) is 0.364. The van der Waals surface area contributed by atoms with Gasteiger partial charge in [-0.25, -0.2) is 9.97 Å². The predicted molar refractivity (Wildman–Crippen MR) is 113 cm³/mol. The SMILES string of the molecule is CC(=O)OC[C@H]1O[C@@H](n2cnc3c(Oc4ccccc4)ncnc32)[C@H](OC(C)=O)[C@@H]1OC(C)=O. The molecule has 12 heteroatoms. The number of hydrogen-bond acceptors (Lipinski definition) is 11. The zero-order valence-electron chi connectivity index (χ0n) is 18.6. The summed E-state index contributed by atoms with van der Waals surface area (Å²) in [6.07, 6.45) is -1.26. The molecule has 1 aliphatic rings. The summed E-state index contributed by atoms with van der Waals surface area (Å²) < 4.78 is 29.3. The second-order valence-corrected chi connectivity index (χ2v) is 7.43. The number of ether oxygens (including phenoxy) is 5. The van der Waals surface area contributed by atoms with E-state index in [2.05, 4.69) is 15.0 Å². The lowest BCUT2D eigenvalue weighted by molar-refractivity contribution is -0.166. The number of aromatic nitrogens is 4. The molecule has 3 heterocycles. The van der Waals surface area contributed by atoms with E-state index in [0.717, 1.165) is 0 Å². The van der Waals surface area contributed by atoms with Gasteiger partial charge in [0.25, 0.3) is 5.88 Å². The van der Waals surface area contributed by atoms with Crippen molar-refractivity contribution in [3.05, 3.63) is 43.0 Å². The van der Waals surface area contributed by atoms with Gasteiger partial charge in [-0.15, -0.1) is 0 Å². The number of benzene rings is 1. The molecule has 0 spiro atoms. The fourth-order valence-electron chi connectivity index (χ4n) is 3.61. The van der Waals surface area contributed by atoms with Gasteiger partial charge in [-0.1, -0.05) is 18.2 Å². The average Bonchev–Trinajstić information content (AvgIpc) is 3.35. The summed E-state index contributed by atoms with van der Waals surface area (Å²) in [5.41, 5.74) is 0.668. The van der Waals surface area contributed by atoms with Crippen molar-refractivity contribution in [1.29, 1.82) is 0 Å². The third kappa shape index (κ3) is 4.96. The maximum Gasteiger partial charge on any atom is 0.303 e. The molecular formula is C22H22N4O8. The molecule has 0 aliphatic carbocycles. The molecule has 1 aliphatic heterocycles. The lowest BCUT2D eigenvalue weighted by Gasteiger charge is -2.23. The molecule has 4 rings (SSSR count). The van der Waals surface area contributed by atoms with E-state index in [1.807, 2.05) is 18.2 Å². The van der Waals surface area contributed by atoms with Crippen LogP contribution in [0.2, 0.25) is 0 Å². The lowest BCUT2D eigenvalue weighted by Crippen LogP contribution is -2.40. The molecule has 4 atom stereocenters. The Morgan fingerprint density at radius 3 is 2.32 bits per heavy atom. The molecule has 12 nitrogen and oxygen atoms in total. The van der Waals surface area contributed by atoms with Crippen molar-refractivity contribution in [1.82, 2.24) is 19.5 Å².